The van der Waals surface area contributed by atoms with Gasteiger partial charge in [-0.05, 0) is 69.6 Å². The standard InChI is InChI=1S/C19H32NO2.HI/c1-3-22-19-12-11-17(16-18(19)21)10-6-4-7-13-20(2)14-8-5-9-15-20;/h11-12,16,19H,3-10,13-15H2,1-2H3;1H/q+1;/p-1. The van der Waals surface area contributed by atoms with Crippen molar-refractivity contribution in [1.29, 1.82) is 0 Å². The Hall–Kier alpha value is -0.200. The summed E-state index contributed by atoms with van der Waals surface area (Å²) in [7, 11) is 2.41. The van der Waals surface area contributed by atoms with Crippen LogP contribution < -0.4 is 24.0 Å². The molecule has 1 unspecified atom stereocenters. The third-order valence-electron chi connectivity index (χ3n) is 5.00. The van der Waals surface area contributed by atoms with E-state index in [1.807, 2.05) is 13.0 Å². The number of quaternary nitrogens is 1. The summed E-state index contributed by atoms with van der Waals surface area (Å²) in [6.45, 7) is 6.55. The van der Waals surface area contributed by atoms with Crippen molar-refractivity contribution in [3.63, 3.8) is 0 Å². The minimum atomic E-state index is -0.350. The Morgan fingerprint density at radius 2 is 1.91 bits per heavy atom. The predicted octanol–water partition coefficient (Wildman–Crippen LogP) is 0.652. The van der Waals surface area contributed by atoms with E-state index in [1.54, 1.807) is 6.08 Å². The molecular formula is C19H32INO2. The van der Waals surface area contributed by atoms with Gasteiger partial charge in [0, 0.05) is 6.61 Å². The number of unbranched alkanes of at least 4 members (excludes halogenated alkanes) is 2. The lowest BCUT2D eigenvalue weighted by atomic mass is 9.98. The molecule has 2 rings (SSSR count). The van der Waals surface area contributed by atoms with Gasteiger partial charge in [-0.15, -0.1) is 0 Å². The smallest absolute Gasteiger partial charge is 0.188 e. The first-order valence-corrected chi connectivity index (χ1v) is 9.01. The highest BCUT2D eigenvalue weighted by molar-refractivity contribution is 5.97. The minimum Gasteiger partial charge on any atom is -1.00 e. The topological polar surface area (TPSA) is 26.3 Å². The van der Waals surface area contributed by atoms with Gasteiger partial charge in [-0.1, -0.05) is 6.08 Å². The van der Waals surface area contributed by atoms with Gasteiger partial charge in [0.05, 0.1) is 26.7 Å². The lowest BCUT2D eigenvalue weighted by Crippen LogP contribution is -3.00. The zero-order valence-electron chi connectivity index (χ0n) is 14.7. The number of ketones is 1. The van der Waals surface area contributed by atoms with Gasteiger partial charge >= 0.3 is 0 Å². The number of hydrogen-bond donors (Lipinski definition) is 0. The van der Waals surface area contributed by atoms with Crippen LogP contribution in [-0.4, -0.2) is 49.7 Å². The quantitative estimate of drug-likeness (QED) is 0.319. The molecule has 0 aromatic rings. The van der Waals surface area contributed by atoms with Crippen LogP contribution in [0.4, 0.5) is 0 Å². The number of likely N-dealkylation sites (tertiary alicyclic amines) is 1. The Balaban J connectivity index is 0.00000264. The highest BCUT2D eigenvalue weighted by Gasteiger charge is 2.23. The average Bonchev–Trinajstić information content (AvgIpc) is 2.50. The number of hydrogen-bond acceptors (Lipinski definition) is 2. The van der Waals surface area contributed by atoms with E-state index in [-0.39, 0.29) is 35.9 Å². The first kappa shape index (κ1) is 20.8. The van der Waals surface area contributed by atoms with Crippen molar-refractivity contribution in [3.05, 3.63) is 23.8 Å². The summed E-state index contributed by atoms with van der Waals surface area (Å²) in [6.07, 6.45) is 14.4. The fraction of sp³-hybridized carbons (Fsp3) is 0.737. The number of rotatable bonds is 8. The second kappa shape index (κ2) is 10.6. The normalized spacial score (nSPS) is 23.3. The van der Waals surface area contributed by atoms with Crippen molar-refractivity contribution in [2.45, 2.75) is 58.0 Å². The molecule has 3 nitrogen and oxygen atoms in total. The summed E-state index contributed by atoms with van der Waals surface area (Å²) < 4.78 is 6.66. The van der Waals surface area contributed by atoms with Crippen LogP contribution in [0.3, 0.4) is 0 Å². The number of allylic oxidation sites excluding steroid dienone is 2. The fourth-order valence-corrected chi connectivity index (χ4v) is 3.59. The van der Waals surface area contributed by atoms with Crippen molar-refractivity contribution in [3.8, 4) is 0 Å². The van der Waals surface area contributed by atoms with Crippen LogP contribution in [0.2, 0.25) is 0 Å². The molecule has 0 aromatic carbocycles. The third-order valence-corrected chi connectivity index (χ3v) is 5.00. The molecule has 1 atom stereocenters. The van der Waals surface area contributed by atoms with E-state index >= 15 is 0 Å². The summed E-state index contributed by atoms with van der Waals surface area (Å²) in [4.78, 5) is 11.9. The molecule has 0 aromatic heterocycles. The molecule has 0 N–H and O–H groups in total. The third kappa shape index (κ3) is 7.06. The molecule has 1 fully saturated rings. The van der Waals surface area contributed by atoms with Crippen molar-refractivity contribution in [2.24, 2.45) is 0 Å². The van der Waals surface area contributed by atoms with Gasteiger partial charge in [0.25, 0.3) is 0 Å². The molecule has 0 saturated carbocycles. The highest BCUT2D eigenvalue weighted by Crippen LogP contribution is 2.20. The number of ether oxygens (including phenoxy) is 1. The van der Waals surface area contributed by atoms with Gasteiger partial charge in [0.15, 0.2) is 5.78 Å². The summed E-state index contributed by atoms with van der Waals surface area (Å²) in [5.41, 5.74) is 1.17. The Kier molecular flexibility index (Phi) is 9.63. The molecule has 0 spiro atoms. The molecule has 1 aliphatic carbocycles. The number of carbonyl (C=O) groups is 1. The van der Waals surface area contributed by atoms with E-state index in [0.717, 1.165) is 6.42 Å². The van der Waals surface area contributed by atoms with Crippen LogP contribution >= 0.6 is 0 Å². The zero-order valence-corrected chi connectivity index (χ0v) is 16.9. The molecule has 0 amide bonds. The molecule has 2 aliphatic rings. The first-order chi connectivity index (χ1) is 10.6. The molecule has 1 saturated heterocycles. The summed E-state index contributed by atoms with van der Waals surface area (Å²) in [6, 6.07) is 0. The van der Waals surface area contributed by atoms with Crippen molar-refractivity contribution in [2.75, 3.05) is 33.3 Å². The lowest BCUT2D eigenvalue weighted by molar-refractivity contribution is -0.914. The van der Waals surface area contributed by atoms with Crippen LogP contribution in [-0.2, 0) is 9.53 Å². The van der Waals surface area contributed by atoms with E-state index < -0.39 is 0 Å². The number of piperidine rings is 1. The Morgan fingerprint density at radius 1 is 1.17 bits per heavy atom. The van der Waals surface area contributed by atoms with Crippen LogP contribution in [0, 0.1) is 0 Å². The molecule has 4 heteroatoms. The second-order valence-corrected chi connectivity index (χ2v) is 7.02. The van der Waals surface area contributed by atoms with Crippen molar-refractivity contribution >= 4 is 5.78 Å². The van der Waals surface area contributed by atoms with E-state index in [4.69, 9.17) is 4.74 Å². The van der Waals surface area contributed by atoms with Gasteiger partial charge in [-0.2, -0.15) is 0 Å². The van der Waals surface area contributed by atoms with Crippen molar-refractivity contribution in [1.82, 2.24) is 0 Å². The van der Waals surface area contributed by atoms with Gasteiger partial charge in [-0.3, -0.25) is 4.79 Å². The fourth-order valence-electron chi connectivity index (χ4n) is 3.59. The molecule has 132 valence electrons. The first-order valence-electron chi connectivity index (χ1n) is 9.01. The second-order valence-electron chi connectivity index (χ2n) is 7.02. The highest BCUT2D eigenvalue weighted by atomic mass is 127. The molecule has 0 bridgehead atoms. The van der Waals surface area contributed by atoms with Gasteiger partial charge in [0.1, 0.15) is 6.10 Å². The van der Waals surface area contributed by atoms with E-state index in [1.165, 1.54) is 68.2 Å². The maximum atomic E-state index is 11.9. The van der Waals surface area contributed by atoms with Crippen molar-refractivity contribution < 1.29 is 38.0 Å². The molecule has 1 aliphatic heterocycles. The van der Waals surface area contributed by atoms with Crippen LogP contribution in [0.15, 0.2) is 23.8 Å². The Morgan fingerprint density at radius 3 is 2.57 bits per heavy atom. The lowest BCUT2D eigenvalue weighted by Gasteiger charge is -2.37. The number of halogens is 1. The Bertz CT molecular complexity index is 425. The Labute approximate surface area is 158 Å². The van der Waals surface area contributed by atoms with E-state index in [2.05, 4.69) is 13.1 Å². The summed E-state index contributed by atoms with van der Waals surface area (Å²) in [5.74, 6) is 0.103. The zero-order chi connectivity index (χ0) is 15.8. The monoisotopic (exact) mass is 433 g/mol. The van der Waals surface area contributed by atoms with E-state index in [9.17, 15) is 4.79 Å². The SMILES string of the molecule is CCOC1C=CC(CCCCC[N+]2(C)CCCCC2)=CC1=O.[I-]. The number of nitrogens with zero attached hydrogens (tertiary/aromatic N) is 1. The van der Waals surface area contributed by atoms with Crippen LogP contribution in [0.1, 0.15) is 51.9 Å². The van der Waals surface area contributed by atoms with E-state index in [0.29, 0.717) is 6.61 Å². The minimum absolute atomic E-state index is 0. The summed E-state index contributed by atoms with van der Waals surface area (Å²) in [5, 5.41) is 0. The molecular weight excluding hydrogens is 401 g/mol. The average molecular weight is 433 g/mol. The maximum Gasteiger partial charge on any atom is 0.188 e. The van der Waals surface area contributed by atoms with Gasteiger partial charge < -0.3 is 33.2 Å². The summed E-state index contributed by atoms with van der Waals surface area (Å²) >= 11 is 0. The van der Waals surface area contributed by atoms with Gasteiger partial charge in [-0.25, -0.2) is 0 Å². The largest absolute Gasteiger partial charge is 1.00 e. The molecule has 0 radical (unpaired) electrons. The number of carbonyl (C=O) groups excluding carboxylic acids is 1. The molecule has 23 heavy (non-hydrogen) atoms. The van der Waals surface area contributed by atoms with Gasteiger partial charge in [0.2, 0.25) is 0 Å². The van der Waals surface area contributed by atoms with Crippen LogP contribution in [0.25, 0.3) is 0 Å². The maximum absolute atomic E-state index is 11.9. The van der Waals surface area contributed by atoms with Crippen LogP contribution in [0.5, 0.6) is 0 Å². The molecule has 1 heterocycles. The predicted molar refractivity (Wildman–Crippen MR) is 90.7 cm³/mol.